The predicted octanol–water partition coefficient (Wildman–Crippen LogP) is 4.02. The Morgan fingerprint density at radius 2 is 1.62 bits per heavy atom. The number of piperidine rings is 1. The molecule has 3 rings (SSSR count). The van der Waals surface area contributed by atoms with Gasteiger partial charge >= 0.3 is 6.18 Å². The number of hydrogen-bond acceptors (Lipinski definition) is 2. The van der Waals surface area contributed by atoms with E-state index in [0.717, 1.165) is 44.9 Å². The lowest BCUT2D eigenvalue weighted by Crippen LogP contribution is -2.45. The Labute approximate surface area is 142 Å². The van der Waals surface area contributed by atoms with E-state index in [-0.39, 0.29) is 18.5 Å². The lowest BCUT2D eigenvalue weighted by atomic mass is 9.88. The average molecular weight is 346 g/mol. The van der Waals surface area contributed by atoms with Crippen LogP contribution in [0.3, 0.4) is 0 Å². The number of amides is 1. The maximum atomic E-state index is 12.8. The largest absolute Gasteiger partial charge is 0.390 e. The van der Waals surface area contributed by atoms with Gasteiger partial charge in [-0.05, 0) is 44.4 Å². The predicted molar refractivity (Wildman–Crippen MR) is 86.5 cm³/mol. The van der Waals surface area contributed by atoms with Gasteiger partial charge in [-0.3, -0.25) is 4.79 Å². The second-order valence-corrected chi connectivity index (χ2v) is 7.92. The number of rotatable bonds is 5. The van der Waals surface area contributed by atoms with Gasteiger partial charge in [0.15, 0.2) is 0 Å². The summed E-state index contributed by atoms with van der Waals surface area (Å²) in [5.41, 5.74) is 0. The van der Waals surface area contributed by atoms with Crippen molar-refractivity contribution < 1.29 is 18.0 Å². The van der Waals surface area contributed by atoms with Gasteiger partial charge in [0.1, 0.15) is 0 Å². The van der Waals surface area contributed by atoms with E-state index in [0.29, 0.717) is 24.4 Å². The lowest BCUT2D eigenvalue weighted by molar-refractivity contribution is -0.149. The third-order valence-corrected chi connectivity index (χ3v) is 6.01. The minimum Gasteiger partial charge on any atom is -0.339 e. The molecular weight excluding hydrogens is 317 g/mol. The first kappa shape index (κ1) is 18.0. The Kier molecular flexibility index (Phi) is 5.73. The molecular formula is C18H29F3N2O. The molecule has 2 aliphatic heterocycles. The standard InChI is InChI=1S/C18H29F3N2O/c19-18(20,21)8-9-23(16-4-2-1-3-5-16)17(24)12-13-10-14-6-7-15(11-13)22-14/h13-16,22H,1-12H2/t13?,14-,15+. The van der Waals surface area contributed by atoms with Gasteiger partial charge in [-0.25, -0.2) is 0 Å². The highest BCUT2D eigenvalue weighted by atomic mass is 19.4. The van der Waals surface area contributed by atoms with Crippen molar-refractivity contribution in [3.05, 3.63) is 0 Å². The van der Waals surface area contributed by atoms with Gasteiger partial charge in [-0.15, -0.1) is 0 Å². The zero-order valence-corrected chi connectivity index (χ0v) is 14.3. The molecule has 2 heterocycles. The topological polar surface area (TPSA) is 32.3 Å². The monoisotopic (exact) mass is 346 g/mol. The Hall–Kier alpha value is -0.780. The van der Waals surface area contributed by atoms with Gasteiger partial charge in [0.25, 0.3) is 0 Å². The lowest BCUT2D eigenvalue weighted by Gasteiger charge is -2.36. The van der Waals surface area contributed by atoms with Crippen molar-refractivity contribution >= 4 is 5.91 Å². The molecule has 138 valence electrons. The molecule has 0 aromatic heterocycles. The molecule has 0 radical (unpaired) electrons. The number of halogens is 3. The quantitative estimate of drug-likeness (QED) is 0.815. The van der Waals surface area contributed by atoms with Crippen molar-refractivity contribution in [3.63, 3.8) is 0 Å². The van der Waals surface area contributed by atoms with Crippen LogP contribution in [0.4, 0.5) is 13.2 Å². The van der Waals surface area contributed by atoms with Crippen LogP contribution < -0.4 is 5.32 Å². The molecule has 2 bridgehead atoms. The van der Waals surface area contributed by atoms with E-state index in [4.69, 9.17) is 0 Å². The highest BCUT2D eigenvalue weighted by Crippen LogP contribution is 2.34. The van der Waals surface area contributed by atoms with Gasteiger partial charge in [0, 0.05) is 31.1 Å². The van der Waals surface area contributed by atoms with Crippen molar-refractivity contribution in [2.75, 3.05) is 6.54 Å². The number of fused-ring (bicyclic) bond motifs is 2. The van der Waals surface area contributed by atoms with Crippen LogP contribution in [0.15, 0.2) is 0 Å². The molecule has 3 nitrogen and oxygen atoms in total. The Morgan fingerprint density at radius 1 is 1.00 bits per heavy atom. The summed E-state index contributed by atoms with van der Waals surface area (Å²) in [4.78, 5) is 14.4. The fourth-order valence-corrected chi connectivity index (χ4v) is 4.86. The normalized spacial score (nSPS) is 31.2. The Morgan fingerprint density at radius 3 is 2.21 bits per heavy atom. The first-order valence-corrected chi connectivity index (χ1v) is 9.53. The SMILES string of the molecule is O=C(CC1C[C@H]2CC[C@@H](C1)N2)N(CCC(F)(F)F)C1CCCCC1. The summed E-state index contributed by atoms with van der Waals surface area (Å²) in [5.74, 6) is 0.297. The minimum atomic E-state index is -4.19. The summed E-state index contributed by atoms with van der Waals surface area (Å²) in [7, 11) is 0. The van der Waals surface area contributed by atoms with E-state index >= 15 is 0 Å². The molecule has 24 heavy (non-hydrogen) atoms. The molecule has 1 amide bonds. The maximum Gasteiger partial charge on any atom is 0.390 e. The van der Waals surface area contributed by atoms with Crippen molar-refractivity contribution in [1.29, 1.82) is 0 Å². The van der Waals surface area contributed by atoms with E-state index in [9.17, 15) is 18.0 Å². The first-order chi connectivity index (χ1) is 11.4. The highest BCUT2D eigenvalue weighted by molar-refractivity contribution is 5.76. The van der Waals surface area contributed by atoms with Crippen LogP contribution >= 0.6 is 0 Å². The second kappa shape index (κ2) is 7.63. The van der Waals surface area contributed by atoms with Gasteiger partial charge in [0.05, 0.1) is 6.42 Å². The summed E-state index contributed by atoms with van der Waals surface area (Å²) >= 11 is 0. The molecule has 6 heteroatoms. The molecule has 0 spiro atoms. The summed E-state index contributed by atoms with van der Waals surface area (Å²) < 4.78 is 38.0. The zero-order chi connectivity index (χ0) is 17.2. The minimum absolute atomic E-state index is 0.0204. The molecule has 3 fully saturated rings. The van der Waals surface area contributed by atoms with Crippen LogP contribution in [-0.4, -0.2) is 41.7 Å². The van der Waals surface area contributed by atoms with Crippen LogP contribution in [0.25, 0.3) is 0 Å². The summed E-state index contributed by atoms with van der Waals surface area (Å²) in [5, 5.41) is 3.56. The van der Waals surface area contributed by atoms with E-state index in [1.54, 1.807) is 4.90 Å². The highest BCUT2D eigenvalue weighted by Gasteiger charge is 2.37. The van der Waals surface area contributed by atoms with Crippen molar-refractivity contribution in [1.82, 2.24) is 10.2 Å². The van der Waals surface area contributed by atoms with Crippen LogP contribution in [0.5, 0.6) is 0 Å². The number of nitrogens with one attached hydrogen (secondary N) is 1. The third kappa shape index (κ3) is 4.87. The molecule has 1 unspecified atom stereocenters. The zero-order valence-electron chi connectivity index (χ0n) is 14.3. The molecule has 3 aliphatic rings. The molecule has 1 aliphatic carbocycles. The number of hydrogen-bond donors (Lipinski definition) is 1. The van der Waals surface area contributed by atoms with E-state index < -0.39 is 12.6 Å². The van der Waals surface area contributed by atoms with E-state index in [1.807, 2.05) is 0 Å². The van der Waals surface area contributed by atoms with E-state index in [2.05, 4.69) is 5.32 Å². The Bertz CT molecular complexity index is 422. The smallest absolute Gasteiger partial charge is 0.339 e. The van der Waals surface area contributed by atoms with Crippen LogP contribution in [0, 0.1) is 5.92 Å². The third-order valence-electron chi connectivity index (χ3n) is 6.01. The summed E-state index contributed by atoms with van der Waals surface area (Å²) in [6.07, 6.45) is 4.62. The van der Waals surface area contributed by atoms with Crippen LogP contribution in [0.1, 0.15) is 70.6 Å². The van der Waals surface area contributed by atoms with Gasteiger partial charge in [-0.1, -0.05) is 19.3 Å². The van der Waals surface area contributed by atoms with Gasteiger partial charge in [-0.2, -0.15) is 13.2 Å². The number of alkyl halides is 3. The van der Waals surface area contributed by atoms with Crippen molar-refractivity contribution in [2.24, 2.45) is 5.92 Å². The molecule has 1 saturated carbocycles. The molecule has 1 N–H and O–H groups in total. The molecule has 2 saturated heterocycles. The maximum absolute atomic E-state index is 12.8. The van der Waals surface area contributed by atoms with E-state index in [1.165, 1.54) is 12.8 Å². The number of carbonyl (C=O) groups is 1. The molecule has 0 aromatic carbocycles. The fourth-order valence-electron chi connectivity index (χ4n) is 4.86. The fraction of sp³-hybridized carbons (Fsp3) is 0.944. The summed E-state index contributed by atoms with van der Waals surface area (Å²) in [6, 6.07) is 1.05. The van der Waals surface area contributed by atoms with Gasteiger partial charge in [0.2, 0.25) is 5.91 Å². The number of nitrogens with zero attached hydrogens (tertiary/aromatic N) is 1. The van der Waals surface area contributed by atoms with Crippen molar-refractivity contribution in [3.8, 4) is 0 Å². The number of carbonyl (C=O) groups excluding carboxylic acids is 1. The molecule has 3 atom stereocenters. The van der Waals surface area contributed by atoms with Crippen molar-refractivity contribution in [2.45, 2.75) is 94.9 Å². The van der Waals surface area contributed by atoms with Crippen LogP contribution in [0.2, 0.25) is 0 Å². The summed E-state index contributed by atoms with van der Waals surface area (Å²) in [6.45, 7) is -0.162. The average Bonchev–Trinajstić information content (AvgIpc) is 2.86. The molecule has 0 aromatic rings. The Balaban J connectivity index is 1.59. The van der Waals surface area contributed by atoms with Crippen LogP contribution in [-0.2, 0) is 4.79 Å². The second-order valence-electron chi connectivity index (χ2n) is 7.92. The van der Waals surface area contributed by atoms with Gasteiger partial charge < -0.3 is 10.2 Å². The first-order valence-electron chi connectivity index (χ1n) is 9.53.